The summed E-state index contributed by atoms with van der Waals surface area (Å²) in [6.07, 6.45) is 2.91. The Morgan fingerprint density at radius 3 is 2.50 bits per heavy atom. The van der Waals surface area contributed by atoms with Gasteiger partial charge in [-0.25, -0.2) is 4.79 Å². The second-order valence-electron chi connectivity index (χ2n) is 5.09. The SMILES string of the molecule is O=C1c2ccccc2CN1C1(C(=O)O)CCCC1. The molecule has 1 amide bonds. The third kappa shape index (κ3) is 1.38. The van der Waals surface area contributed by atoms with Crippen LogP contribution in [0.4, 0.5) is 0 Å². The van der Waals surface area contributed by atoms with E-state index in [1.54, 1.807) is 11.0 Å². The summed E-state index contributed by atoms with van der Waals surface area (Å²) in [6.45, 7) is 0.432. The molecular weight excluding hydrogens is 230 g/mol. The van der Waals surface area contributed by atoms with Crippen LogP contribution in [0.2, 0.25) is 0 Å². The molecule has 0 atom stereocenters. The molecule has 2 aliphatic rings. The molecule has 1 heterocycles. The number of benzene rings is 1. The molecule has 1 N–H and O–H groups in total. The van der Waals surface area contributed by atoms with Gasteiger partial charge in [-0.3, -0.25) is 4.79 Å². The van der Waals surface area contributed by atoms with Crippen molar-refractivity contribution in [2.45, 2.75) is 37.8 Å². The number of hydrogen-bond donors (Lipinski definition) is 1. The highest BCUT2D eigenvalue weighted by atomic mass is 16.4. The van der Waals surface area contributed by atoms with Gasteiger partial charge in [-0.05, 0) is 24.5 Å². The molecule has 4 heteroatoms. The van der Waals surface area contributed by atoms with Crippen LogP contribution in [-0.4, -0.2) is 27.4 Å². The van der Waals surface area contributed by atoms with Crippen molar-refractivity contribution in [1.29, 1.82) is 0 Å². The van der Waals surface area contributed by atoms with Crippen molar-refractivity contribution in [3.8, 4) is 0 Å². The molecular formula is C14H15NO3. The van der Waals surface area contributed by atoms with E-state index in [1.165, 1.54) is 0 Å². The molecule has 1 aliphatic carbocycles. The molecule has 1 fully saturated rings. The first-order valence-corrected chi connectivity index (χ1v) is 6.28. The van der Waals surface area contributed by atoms with Crippen molar-refractivity contribution >= 4 is 11.9 Å². The van der Waals surface area contributed by atoms with Gasteiger partial charge < -0.3 is 10.0 Å². The van der Waals surface area contributed by atoms with E-state index in [9.17, 15) is 14.7 Å². The van der Waals surface area contributed by atoms with E-state index < -0.39 is 11.5 Å². The summed E-state index contributed by atoms with van der Waals surface area (Å²) in [4.78, 5) is 25.5. The van der Waals surface area contributed by atoms with Crippen LogP contribution in [0.1, 0.15) is 41.6 Å². The van der Waals surface area contributed by atoms with Crippen molar-refractivity contribution in [2.24, 2.45) is 0 Å². The standard InChI is InChI=1S/C14H15NO3/c16-12-11-6-2-1-5-10(11)9-15(12)14(13(17)18)7-3-4-8-14/h1-2,5-6H,3-4,7-9H2,(H,17,18). The van der Waals surface area contributed by atoms with Crippen molar-refractivity contribution in [2.75, 3.05) is 0 Å². The first-order valence-electron chi connectivity index (χ1n) is 6.28. The van der Waals surface area contributed by atoms with E-state index in [0.29, 0.717) is 24.9 Å². The molecule has 0 saturated heterocycles. The zero-order valence-corrected chi connectivity index (χ0v) is 10.1. The van der Waals surface area contributed by atoms with Crippen molar-refractivity contribution in [3.63, 3.8) is 0 Å². The van der Waals surface area contributed by atoms with E-state index >= 15 is 0 Å². The predicted octanol–water partition coefficient (Wildman–Crippen LogP) is 2.04. The smallest absolute Gasteiger partial charge is 0.329 e. The molecule has 0 bridgehead atoms. The van der Waals surface area contributed by atoms with Crippen LogP contribution in [0, 0.1) is 0 Å². The van der Waals surface area contributed by atoms with Crippen molar-refractivity contribution in [3.05, 3.63) is 35.4 Å². The molecule has 1 saturated carbocycles. The first-order chi connectivity index (χ1) is 8.65. The average molecular weight is 245 g/mol. The number of hydrogen-bond acceptors (Lipinski definition) is 2. The highest BCUT2D eigenvalue weighted by Crippen LogP contribution is 2.40. The lowest BCUT2D eigenvalue weighted by atomic mass is 9.95. The van der Waals surface area contributed by atoms with Crippen LogP contribution in [-0.2, 0) is 11.3 Å². The molecule has 0 radical (unpaired) electrons. The van der Waals surface area contributed by atoms with Gasteiger partial charge >= 0.3 is 5.97 Å². The second-order valence-corrected chi connectivity index (χ2v) is 5.09. The number of carboxylic acid groups (broad SMARTS) is 1. The normalized spacial score (nSPS) is 21.1. The topological polar surface area (TPSA) is 57.6 Å². The van der Waals surface area contributed by atoms with E-state index in [2.05, 4.69) is 0 Å². The minimum absolute atomic E-state index is 0.130. The number of carbonyl (C=O) groups excluding carboxylic acids is 1. The summed E-state index contributed by atoms with van der Waals surface area (Å²) in [6, 6.07) is 7.39. The minimum Gasteiger partial charge on any atom is -0.479 e. The zero-order valence-electron chi connectivity index (χ0n) is 10.1. The van der Waals surface area contributed by atoms with Crippen molar-refractivity contribution in [1.82, 2.24) is 4.90 Å². The fraction of sp³-hybridized carbons (Fsp3) is 0.429. The molecule has 1 aliphatic heterocycles. The quantitative estimate of drug-likeness (QED) is 0.867. The maximum atomic E-state index is 12.4. The lowest BCUT2D eigenvalue weighted by Crippen LogP contribution is -2.52. The molecule has 1 aromatic rings. The summed E-state index contributed by atoms with van der Waals surface area (Å²) in [5, 5.41) is 9.53. The van der Waals surface area contributed by atoms with E-state index in [1.807, 2.05) is 18.2 Å². The lowest BCUT2D eigenvalue weighted by molar-refractivity contribution is -0.149. The minimum atomic E-state index is -0.976. The van der Waals surface area contributed by atoms with Crippen LogP contribution in [0.25, 0.3) is 0 Å². The Kier molecular flexibility index (Phi) is 2.40. The van der Waals surface area contributed by atoms with Gasteiger partial charge in [-0.2, -0.15) is 0 Å². The summed E-state index contributed by atoms with van der Waals surface area (Å²) in [5.74, 6) is -0.990. The zero-order chi connectivity index (χ0) is 12.8. The van der Waals surface area contributed by atoms with Crippen LogP contribution < -0.4 is 0 Å². The molecule has 1 aromatic carbocycles. The first kappa shape index (κ1) is 11.3. The summed E-state index contributed by atoms with van der Waals surface area (Å²) in [7, 11) is 0. The number of nitrogens with zero attached hydrogens (tertiary/aromatic N) is 1. The van der Waals surface area contributed by atoms with Crippen molar-refractivity contribution < 1.29 is 14.7 Å². The Morgan fingerprint density at radius 2 is 1.89 bits per heavy atom. The highest BCUT2D eigenvalue weighted by Gasteiger charge is 2.50. The third-order valence-electron chi connectivity index (χ3n) is 4.17. The molecule has 18 heavy (non-hydrogen) atoms. The van der Waals surface area contributed by atoms with Gasteiger partial charge in [-0.1, -0.05) is 31.0 Å². The lowest BCUT2D eigenvalue weighted by Gasteiger charge is -2.34. The fourth-order valence-corrected chi connectivity index (χ4v) is 3.16. The third-order valence-corrected chi connectivity index (χ3v) is 4.17. The molecule has 3 rings (SSSR count). The maximum Gasteiger partial charge on any atom is 0.329 e. The Hall–Kier alpha value is -1.84. The van der Waals surface area contributed by atoms with Gasteiger partial charge in [0.15, 0.2) is 0 Å². The Morgan fingerprint density at radius 1 is 1.22 bits per heavy atom. The fourth-order valence-electron chi connectivity index (χ4n) is 3.16. The monoisotopic (exact) mass is 245 g/mol. The number of aliphatic carboxylic acids is 1. The number of fused-ring (bicyclic) bond motifs is 1. The van der Waals surface area contributed by atoms with Crippen LogP contribution in [0.3, 0.4) is 0 Å². The van der Waals surface area contributed by atoms with Gasteiger partial charge in [0.1, 0.15) is 5.54 Å². The Balaban J connectivity index is 2.00. The van der Waals surface area contributed by atoms with E-state index in [0.717, 1.165) is 18.4 Å². The molecule has 0 aromatic heterocycles. The molecule has 0 spiro atoms. The average Bonchev–Trinajstić information content (AvgIpc) is 2.96. The molecule has 0 unspecified atom stereocenters. The largest absolute Gasteiger partial charge is 0.479 e. The summed E-state index contributed by atoms with van der Waals surface area (Å²) in [5.41, 5.74) is 0.621. The van der Waals surface area contributed by atoms with Crippen LogP contribution in [0.5, 0.6) is 0 Å². The number of rotatable bonds is 2. The van der Waals surface area contributed by atoms with Gasteiger partial charge in [-0.15, -0.1) is 0 Å². The Bertz CT molecular complexity index is 518. The summed E-state index contributed by atoms with van der Waals surface area (Å²) >= 11 is 0. The van der Waals surface area contributed by atoms with Gasteiger partial charge in [0.25, 0.3) is 5.91 Å². The van der Waals surface area contributed by atoms with E-state index in [-0.39, 0.29) is 5.91 Å². The number of amides is 1. The predicted molar refractivity (Wildman–Crippen MR) is 65.2 cm³/mol. The van der Waals surface area contributed by atoms with Gasteiger partial charge in [0.05, 0.1) is 0 Å². The van der Waals surface area contributed by atoms with Gasteiger partial charge in [0.2, 0.25) is 0 Å². The maximum absolute atomic E-state index is 12.4. The molecule has 94 valence electrons. The highest BCUT2D eigenvalue weighted by molar-refractivity contribution is 6.01. The van der Waals surface area contributed by atoms with E-state index in [4.69, 9.17) is 0 Å². The van der Waals surface area contributed by atoms with Crippen LogP contribution in [0.15, 0.2) is 24.3 Å². The Labute approximate surface area is 105 Å². The van der Waals surface area contributed by atoms with Crippen LogP contribution >= 0.6 is 0 Å². The summed E-state index contributed by atoms with van der Waals surface area (Å²) < 4.78 is 0. The number of carbonyl (C=O) groups is 2. The van der Waals surface area contributed by atoms with Gasteiger partial charge in [0, 0.05) is 12.1 Å². The molecule has 4 nitrogen and oxygen atoms in total. The second kappa shape index (κ2) is 3.83. The number of carboxylic acids is 1.